The van der Waals surface area contributed by atoms with Crippen LogP contribution in [0.5, 0.6) is 0 Å². The van der Waals surface area contributed by atoms with Gasteiger partial charge in [-0.3, -0.25) is 4.79 Å². The molecule has 1 fully saturated rings. The van der Waals surface area contributed by atoms with E-state index in [0.29, 0.717) is 6.54 Å². The van der Waals surface area contributed by atoms with Crippen molar-refractivity contribution in [3.8, 4) is 0 Å². The van der Waals surface area contributed by atoms with E-state index >= 15 is 0 Å². The normalized spacial score (nSPS) is 31.4. The Bertz CT molecular complexity index is 334. The van der Waals surface area contributed by atoms with Gasteiger partial charge >= 0.3 is 0 Å². The second-order valence-corrected chi connectivity index (χ2v) is 6.45. The van der Waals surface area contributed by atoms with Gasteiger partial charge < -0.3 is 4.90 Å². The van der Waals surface area contributed by atoms with Crippen LogP contribution in [0.1, 0.15) is 40.0 Å². The monoisotopic (exact) mass is 238 g/mol. The summed E-state index contributed by atoms with van der Waals surface area (Å²) in [5, 5.41) is 0. The predicted molar refractivity (Wildman–Crippen MR) is 66.3 cm³/mol. The molecule has 1 aliphatic carbocycles. The number of nitrogens with zero attached hydrogens (tertiary/aromatic N) is 2. The summed E-state index contributed by atoms with van der Waals surface area (Å²) in [6.45, 7) is 7.27. The smallest absolute Gasteiger partial charge is 0.235 e. The van der Waals surface area contributed by atoms with E-state index in [4.69, 9.17) is 0 Å². The van der Waals surface area contributed by atoms with E-state index in [1.54, 1.807) is 18.0 Å². The highest BCUT2D eigenvalue weighted by Crippen LogP contribution is 2.47. The molecule has 0 aromatic heterocycles. The van der Waals surface area contributed by atoms with Crippen LogP contribution in [0.3, 0.4) is 0 Å². The largest absolute Gasteiger partial charge is 0.348 e. The van der Waals surface area contributed by atoms with E-state index in [-0.39, 0.29) is 16.9 Å². The van der Waals surface area contributed by atoms with Crippen LogP contribution in [0, 0.1) is 10.8 Å². The lowest BCUT2D eigenvalue weighted by atomic mass is 9.62. The van der Waals surface area contributed by atoms with Gasteiger partial charge in [0.25, 0.3) is 0 Å². The summed E-state index contributed by atoms with van der Waals surface area (Å²) in [5.74, 6) is 0. The molecule has 4 heteroatoms. The Morgan fingerprint density at radius 3 is 2.59 bits per heavy atom. The zero-order valence-corrected chi connectivity index (χ0v) is 11.2. The third-order valence-corrected chi connectivity index (χ3v) is 3.47. The molecule has 0 radical (unpaired) electrons. The Balaban J connectivity index is 2.83. The van der Waals surface area contributed by atoms with Gasteiger partial charge in [-0.05, 0) is 30.1 Å². The summed E-state index contributed by atoms with van der Waals surface area (Å²) in [6, 6.07) is 0.0429. The van der Waals surface area contributed by atoms with Crippen molar-refractivity contribution in [2.45, 2.75) is 46.1 Å². The maximum atomic E-state index is 10.7. The summed E-state index contributed by atoms with van der Waals surface area (Å²) in [6.07, 6.45) is 5.34. The quantitative estimate of drug-likeness (QED) is 0.427. The first-order valence-corrected chi connectivity index (χ1v) is 6.03. The van der Waals surface area contributed by atoms with Gasteiger partial charge in [0.1, 0.15) is 0 Å². The topological polar surface area (TPSA) is 49.7 Å². The minimum atomic E-state index is 0.0302. The number of isocyanates is 1. The first-order valence-electron chi connectivity index (χ1n) is 6.03. The zero-order chi connectivity index (χ0) is 13.1. The molecule has 2 atom stereocenters. The summed E-state index contributed by atoms with van der Waals surface area (Å²) in [5.41, 5.74) is 0.185. The van der Waals surface area contributed by atoms with Crippen LogP contribution in [0.15, 0.2) is 4.99 Å². The third kappa shape index (κ3) is 3.97. The lowest BCUT2D eigenvalue weighted by Crippen LogP contribution is -2.43. The highest BCUT2D eigenvalue weighted by Gasteiger charge is 2.41. The van der Waals surface area contributed by atoms with E-state index in [0.717, 1.165) is 25.7 Å². The Morgan fingerprint density at radius 1 is 1.41 bits per heavy atom. The molecule has 0 aromatic carbocycles. The first-order chi connectivity index (χ1) is 7.80. The van der Waals surface area contributed by atoms with Gasteiger partial charge in [0.05, 0.1) is 6.04 Å². The molecule has 1 rings (SSSR count). The van der Waals surface area contributed by atoms with Gasteiger partial charge in [0.2, 0.25) is 12.5 Å². The average Bonchev–Trinajstić information content (AvgIpc) is 2.13. The van der Waals surface area contributed by atoms with Crippen LogP contribution in [0.25, 0.3) is 0 Å². The second-order valence-electron chi connectivity index (χ2n) is 6.45. The molecule has 1 amide bonds. The van der Waals surface area contributed by atoms with Crippen molar-refractivity contribution < 1.29 is 9.59 Å². The molecule has 0 heterocycles. The zero-order valence-electron chi connectivity index (χ0n) is 11.2. The SMILES string of the molecule is CN(C=O)CC1(C)CC(N=C=O)CC(C)(C)C1. The minimum Gasteiger partial charge on any atom is -0.348 e. The van der Waals surface area contributed by atoms with Crippen LogP contribution in [-0.4, -0.2) is 37.0 Å². The highest BCUT2D eigenvalue weighted by molar-refractivity contribution is 5.46. The van der Waals surface area contributed by atoms with Gasteiger partial charge in [-0.1, -0.05) is 20.8 Å². The van der Waals surface area contributed by atoms with E-state index in [9.17, 15) is 9.59 Å². The van der Waals surface area contributed by atoms with Gasteiger partial charge in [-0.15, -0.1) is 0 Å². The van der Waals surface area contributed by atoms with Crippen LogP contribution in [0.4, 0.5) is 0 Å². The van der Waals surface area contributed by atoms with Crippen molar-refractivity contribution in [1.82, 2.24) is 4.90 Å². The Kier molecular flexibility index (Phi) is 4.10. The number of carbonyl (C=O) groups is 1. The van der Waals surface area contributed by atoms with Crippen molar-refractivity contribution in [3.05, 3.63) is 0 Å². The van der Waals surface area contributed by atoms with Crippen molar-refractivity contribution in [1.29, 1.82) is 0 Å². The van der Waals surface area contributed by atoms with Gasteiger partial charge in [0.15, 0.2) is 0 Å². The fraction of sp³-hybridized carbons (Fsp3) is 0.846. The highest BCUT2D eigenvalue weighted by atomic mass is 16.1. The first kappa shape index (κ1) is 13.9. The standard InChI is InChI=1S/C13H22N2O2/c1-12(2)5-11(14-9-16)6-13(3,7-12)8-15(4)10-17/h10-11H,5-8H2,1-4H3. The maximum Gasteiger partial charge on any atom is 0.235 e. The molecule has 4 nitrogen and oxygen atoms in total. The molecule has 96 valence electrons. The summed E-state index contributed by atoms with van der Waals surface area (Å²) in [4.78, 5) is 26.7. The minimum absolute atomic E-state index is 0.0302. The third-order valence-electron chi connectivity index (χ3n) is 3.47. The Morgan fingerprint density at radius 2 is 2.06 bits per heavy atom. The molecule has 0 aromatic rings. The molecule has 1 saturated carbocycles. The molecule has 0 bridgehead atoms. The van der Waals surface area contributed by atoms with Gasteiger partial charge in [-0.25, -0.2) is 9.79 Å². The van der Waals surface area contributed by atoms with Crippen molar-refractivity contribution in [2.75, 3.05) is 13.6 Å². The molecule has 0 aliphatic heterocycles. The van der Waals surface area contributed by atoms with Gasteiger partial charge in [-0.2, -0.15) is 0 Å². The molecular formula is C13H22N2O2. The molecule has 17 heavy (non-hydrogen) atoms. The summed E-state index contributed by atoms with van der Waals surface area (Å²) in [7, 11) is 1.79. The fourth-order valence-electron chi connectivity index (χ4n) is 3.50. The number of amides is 1. The molecule has 0 N–H and O–H groups in total. The number of aliphatic imine (C=N–C) groups is 1. The molecule has 1 aliphatic rings. The molecule has 0 spiro atoms. The lowest BCUT2D eigenvalue weighted by Gasteiger charge is -2.46. The number of hydrogen-bond donors (Lipinski definition) is 0. The van der Waals surface area contributed by atoms with E-state index < -0.39 is 0 Å². The molecule has 2 unspecified atom stereocenters. The molecule has 0 saturated heterocycles. The van der Waals surface area contributed by atoms with E-state index in [2.05, 4.69) is 25.8 Å². The summed E-state index contributed by atoms with van der Waals surface area (Å²) >= 11 is 0. The average molecular weight is 238 g/mol. The number of hydrogen-bond acceptors (Lipinski definition) is 3. The van der Waals surface area contributed by atoms with Crippen LogP contribution in [0.2, 0.25) is 0 Å². The second kappa shape index (κ2) is 5.01. The van der Waals surface area contributed by atoms with Crippen LogP contribution >= 0.6 is 0 Å². The molecular weight excluding hydrogens is 216 g/mol. The van der Waals surface area contributed by atoms with Crippen molar-refractivity contribution >= 4 is 12.5 Å². The Labute approximate surface area is 103 Å². The maximum absolute atomic E-state index is 10.7. The summed E-state index contributed by atoms with van der Waals surface area (Å²) < 4.78 is 0. The van der Waals surface area contributed by atoms with Crippen LogP contribution < -0.4 is 0 Å². The fourth-order valence-corrected chi connectivity index (χ4v) is 3.50. The number of rotatable bonds is 4. The van der Waals surface area contributed by atoms with Crippen LogP contribution in [-0.2, 0) is 9.59 Å². The predicted octanol–water partition coefficient (Wildman–Crippen LogP) is 2.00. The van der Waals surface area contributed by atoms with E-state index in [1.165, 1.54) is 0 Å². The van der Waals surface area contributed by atoms with Crippen molar-refractivity contribution in [2.24, 2.45) is 15.8 Å². The Hall–Kier alpha value is -1.15. The number of carbonyl (C=O) groups excluding carboxylic acids is 2. The van der Waals surface area contributed by atoms with Gasteiger partial charge in [0, 0.05) is 13.6 Å². The lowest BCUT2D eigenvalue weighted by molar-refractivity contribution is -0.119. The van der Waals surface area contributed by atoms with Crippen molar-refractivity contribution in [3.63, 3.8) is 0 Å². The van der Waals surface area contributed by atoms with E-state index in [1.807, 2.05) is 0 Å².